The van der Waals surface area contributed by atoms with Gasteiger partial charge in [-0.25, -0.2) is 0 Å². The van der Waals surface area contributed by atoms with Crippen LogP contribution in [0.1, 0.15) is 0 Å². The molecule has 1 amide bonds. The summed E-state index contributed by atoms with van der Waals surface area (Å²) in [6.07, 6.45) is 1.69. The monoisotopic (exact) mass is 407 g/mol. The number of anilines is 1. The third-order valence-electron chi connectivity index (χ3n) is 3.86. The number of aromatic nitrogens is 5. The number of non-ortho nitro benzene ring substituents is 1. The molecular formula is C18H13N7O3S. The van der Waals surface area contributed by atoms with Gasteiger partial charge < -0.3 is 5.32 Å². The minimum atomic E-state index is -0.496. The summed E-state index contributed by atoms with van der Waals surface area (Å²) in [6, 6.07) is 14.8. The molecule has 11 heteroatoms. The van der Waals surface area contributed by atoms with Crippen molar-refractivity contribution in [1.29, 1.82) is 0 Å². The van der Waals surface area contributed by atoms with E-state index in [-0.39, 0.29) is 17.3 Å². The number of nitro benzene ring substituents is 1. The van der Waals surface area contributed by atoms with E-state index >= 15 is 0 Å². The summed E-state index contributed by atoms with van der Waals surface area (Å²) in [7, 11) is 0. The van der Waals surface area contributed by atoms with Crippen molar-refractivity contribution in [2.75, 3.05) is 11.1 Å². The maximum absolute atomic E-state index is 12.2. The van der Waals surface area contributed by atoms with E-state index in [0.29, 0.717) is 22.2 Å². The van der Waals surface area contributed by atoms with Gasteiger partial charge in [0.25, 0.3) is 5.69 Å². The van der Waals surface area contributed by atoms with Gasteiger partial charge in [-0.15, -0.1) is 10.2 Å². The molecule has 1 aromatic carbocycles. The van der Waals surface area contributed by atoms with Crippen molar-refractivity contribution in [2.24, 2.45) is 0 Å². The molecule has 0 aliphatic heterocycles. The van der Waals surface area contributed by atoms with Crippen LogP contribution in [0.4, 0.5) is 11.4 Å². The number of carbonyl (C=O) groups is 1. The highest BCUT2D eigenvalue weighted by Gasteiger charge is 2.12. The van der Waals surface area contributed by atoms with Gasteiger partial charge in [0.05, 0.1) is 16.4 Å². The Balaban J connectivity index is 1.45. The number of nitrogens with zero attached hydrogens (tertiary/aromatic N) is 6. The molecule has 4 aromatic rings. The minimum Gasteiger partial charge on any atom is -0.325 e. The van der Waals surface area contributed by atoms with Crippen LogP contribution < -0.4 is 5.32 Å². The van der Waals surface area contributed by atoms with Gasteiger partial charge in [-0.05, 0) is 36.4 Å². The Morgan fingerprint density at radius 2 is 1.90 bits per heavy atom. The summed E-state index contributed by atoms with van der Waals surface area (Å²) in [6.45, 7) is 0. The third-order valence-corrected chi connectivity index (χ3v) is 4.78. The van der Waals surface area contributed by atoms with E-state index in [1.54, 1.807) is 16.8 Å². The number of nitrogens with one attached hydrogen (secondary N) is 1. The molecule has 3 heterocycles. The second-order valence-corrected chi connectivity index (χ2v) is 6.77. The largest absolute Gasteiger partial charge is 0.325 e. The molecule has 0 spiro atoms. The zero-order valence-electron chi connectivity index (χ0n) is 14.8. The fourth-order valence-electron chi connectivity index (χ4n) is 2.50. The van der Waals surface area contributed by atoms with Crippen molar-refractivity contribution < 1.29 is 9.72 Å². The smallest absolute Gasteiger partial charge is 0.269 e. The quantitative estimate of drug-likeness (QED) is 0.293. The molecule has 0 bridgehead atoms. The number of thioether (sulfide) groups is 1. The normalized spacial score (nSPS) is 10.8. The van der Waals surface area contributed by atoms with E-state index in [1.807, 2.05) is 24.3 Å². The number of hydrogen-bond donors (Lipinski definition) is 1. The van der Waals surface area contributed by atoms with Gasteiger partial charge in [0.1, 0.15) is 5.69 Å². The van der Waals surface area contributed by atoms with Gasteiger partial charge in [-0.1, -0.05) is 17.8 Å². The molecule has 29 heavy (non-hydrogen) atoms. The van der Waals surface area contributed by atoms with Crippen molar-refractivity contribution in [3.63, 3.8) is 0 Å². The Morgan fingerprint density at radius 3 is 2.62 bits per heavy atom. The van der Waals surface area contributed by atoms with Crippen molar-refractivity contribution in [2.45, 2.75) is 5.16 Å². The average molecular weight is 407 g/mol. The van der Waals surface area contributed by atoms with Crippen LogP contribution in [0.3, 0.4) is 0 Å². The van der Waals surface area contributed by atoms with E-state index < -0.39 is 4.92 Å². The first-order valence-electron chi connectivity index (χ1n) is 8.41. The molecule has 144 valence electrons. The van der Waals surface area contributed by atoms with Gasteiger partial charge in [0.15, 0.2) is 5.65 Å². The number of fused-ring (bicyclic) bond motifs is 1. The maximum atomic E-state index is 12.2. The van der Waals surface area contributed by atoms with Gasteiger partial charge in [-0.3, -0.25) is 19.9 Å². The maximum Gasteiger partial charge on any atom is 0.269 e. The molecule has 0 fully saturated rings. The topological polar surface area (TPSA) is 128 Å². The summed E-state index contributed by atoms with van der Waals surface area (Å²) >= 11 is 1.18. The Hall–Kier alpha value is -3.86. The Bertz CT molecular complexity index is 1180. The Labute approximate surface area is 168 Å². The van der Waals surface area contributed by atoms with Gasteiger partial charge >= 0.3 is 0 Å². The minimum absolute atomic E-state index is 0.0397. The average Bonchev–Trinajstić information content (AvgIpc) is 3.15. The Morgan fingerprint density at radius 1 is 1.07 bits per heavy atom. The summed E-state index contributed by atoms with van der Waals surface area (Å²) in [5.41, 5.74) is 2.37. The molecule has 0 saturated heterocycles. The molecule has 4 rings (SSSR count). The summed E-state index contributed by atoms with van der Waals surface area (Å²) < 4.78 is 1.56. The molecule has 0 saturated carbocycles. The van der Waals surface area contributed by atoms with E-state index in [1.165, 1.54) is 36.0 Å². The predicted molar refractivity (Wildman–Crippen MR) is 106 cm³/mol. The number of carbonyl (C=O) groups excluding carboxylic acids is 1. The van der Waals surface area contributed by atoms with E-state index in [0.717, 1.165) is 5.69 Å². The highest BCUT2D eigenvalue weighted by molar-refractivity contribution is 7.99. The molecule has 10 nitrogen and oxygen atoms in total. The van der Waals surface area contributed by atoms with Crippen LogP contribution in [-0.2, 0) is 4.79 Å². The Kier molecular flexibility index (Phi) is 5.12. The molecule has 0 aliphatic rings. The summed E-state index contributed by atoms with van der Waals surface area (Å²) in [5.74, 6) is -0.200. The molecule has 3 aromatic heterocycles. The lowest BCUT2D eigenvalue weighted by molar-refractivity contribution is -0.384. The van der Waals surface area contributed by atoms with Crippen molar-refractivity contribution in [1.82, 2.24) is 24.8 Å². The van der Waals surface area contributed by atoms with E-state index in [4.69, 9.17) is 0 Å². The van der Waals surface area contributed by atoms with Crippen LogP contribution in [0.15, 0.2) is 66.0 Å². The first-order valence-corrected chi connectivity index (χ1v) is 9.40. The predicted octanol–water partition coefficient (Wildman–Crippen LogP) is 2.83. The standard InChI is InChI=1S/C18H13N7O3S/c26-17(20-12-4-6-13(7-5-12)25(27)28)11-29-18-22-21-16-9-8-15(23-24(16)18)14-3-1-2-10-19-14/h1-10H,11H2,(H,20,26). The van der Waals surface area contributed by atoms with Crippen molar-refractivity contribution in [3.8, 4) is 11.4 Å². The second-order valence-electron chi connectivity index (χ2n) is 5.83. The molecule has 0 atom stereocenters. The zero-order chi connectivity index (χ0) is 20.2. The van der Waals surface area contributed by atoms with Crippen LogP contribution in [0.5, 0.6) is 0 Å². The van der Waals surface area contributed by atoms with Crippen LogP contribution in [-0.4, -0.2) is 41.4 Å². The highest BCUT2D eigenvalue weighted by Crippen LogP contribution is 2.20. The van der Waals surface area contributed by atoms with Gasteiger partial charge in [-0.2, -0.15) is 9.61 Å². The molecule has 0 radical (unpaired) electrons. The molecule has 0 unspecified atom stereocenters. The second kappa shape index (κ2) is 8.02. The van der Waals surface area contributed by atoms with Crippen molar-refractivity contribution >= 4 is 34.7 Å². The number of amides is 1. The lowest BCUT2D eigenvalue weighted by atomic mass is 10.2. The third kappa shape index (κ3) is 4.19. The van der Waals surface area contributed by atoms with E-state index in [9.17, 15) is 14.9 Å². The first kappa shape index (κ1) is 18.5. The lowest BCUT2D eigenvalue weighted by Crippen LogP contribution is -2.14. The van der Waals surface area contributed by atoms with Crippen molar-refractivity contribution in [3.05, 3.63) is 70.9 Å². The fourth-order valence-corrected chi connectivity index (χ4v) is 3.19. The number of hydrogen-bond acceptors (Lipinski definition) is 8. The lowest BCUT2D eigenvalue weighted by Gasteiger charge is -2.05. The molecule has 1 N–H and O–H groups in total. The van der Waals surface area contributed by atoms with Crippen LogP contribution in [0.2, 0.25) is 0 Å². The first-order chi connectivity index (χ1) is 14.1. The molecular weight excluding hydrogens is 394 g/mol. The highest BCUT2D eigenvalue weighted by atomic mass is 32.2. The van der Waals surface area contributed by atoms with E-state index in [2.05, 4.69) is 25.6 Å². The zero-order valence-corrected chi connectivity index (χ0v) is 15.6. The van der Waals surface area contributed by atoms with Crippen LogP contribution >= 0.6 is 11.8 Å². The number of pyridine rings is 1. The number of benzene rings is 1. The van der Waals surface area contributed by atoms with Crippen LogP contribution in [0, 0.1) is 10.1 Å². The number of rotatable bonds is 6. The fraction of sp³-hybridized carbons (Fsp3) is 0.0556. The van der Waals surface area contributed by atoms with Crippen LogP contribution in [0.25, 0.3) is 17.0 Å². The van der Waals surface area contributed by atoms with Gasteiger partial charge in [0.2, 0.25) is 11.1 Å². The SMILES string of the molecule is O=C(CSc1nnc2ccc(-c3ccccn3)nn12)Nc1ccc([N+](=O)[O-])cc1. The molecule has 0 aliphatic carbocycles. The van der Waals surface area contributed by atoms with Gasteiger partial charge in [0, 0.05) is 24.0 Å². The summed E-state index contributed by atoms with van der Waals surface area (Å²) in [4.78, 5) is 26.7. The number of nitro groups is 1. The summed E-state index contributed by atoms with van der Waals surface area (Å²) in [5, 5.41) is 26.5.